The molecule has 0 radical (unpaired) electrons. The van der Waals surface area contributed by atoms with E-state index in [1.54, 1.807) is 12.1 Å². The number of carboxylic acid groups (broad SMARTS) is 1. The van der Waals surface area contributed by atoms with Crippen molar-refractivity contribution in [2.24, 2.45) is 0 Å². The summed E-state index contributed by atoms with van der Waals surface area (Å²) in [5.74, 6) is -0.279. The molecule has 0 bridgehead atoms. The first-order valence-electron chi connectivity index (χ1n) is 6.97. The molecule has 0 aliphatic heterocycles. The lowest BCUT2D eigenvalue weighted by atomic mass is 10.1. The molecule has 1 aromatic carbocycles. The molecule has 4 heteroatoms. The van der Waals surface area contributed by atoms with Crippen molar-refractivity contribution >= 4 is 17.5 Å². The number of carbonyl (C=O) groups is 1. The van der Waals surface area contributed by atoms with Crippen molar-refractivity contribution in [1.82, 2.24) is 4.98 Å². The number of pyridine rings is 1. The van der Waals surface area contributed by atoms with E-state index in [-0.39, 0.29) is 5.56 Å². The Bertz CT molecular complexity index is 660. The molecule has 0 amide bonds. The molecule has 110 valence electrons. The molecule has 0 saturated carbocycles. The third-order valence-electron chi connectivity index (χ3n) is 3.41. The van der Waals surface area contributed by atoms with E-state index >= 15 is 0 Å². The second-order valence-corrected chi connectivity index (χ2v) is 5.27. The van der Waals surface area contributed by atoms with Gasteiger partial charge in [-0.05, 0) is 55.7 Å². The number of anilines is 2. The maximum atomic E-state index is 11.2. The molecular weight excluding hydrogens is 264 g/mol. The number of nitrogens with zero attached hydrogens (tertiary/aromatic N) is 2. The summed E-state index contributed by atoms with van der Waals surface area (Å²) in [5.41, 5.74) is 4.39. The second-order valence-electron chi connectivity index (χ2n) is 5.27. The van der Waals surface area contributed by atoms with E-state index in [0.717, 1.165) is 11.4 Å². The molecular formula is C17H20N2O2. The van der Waals surface area contributed by atoms with E-state index in [1.165, 1.54) is 11.1 Å². The fourth-order valence-corrected chi connectivity index (χ4v) is 2.32. The van der Waals surface area contributed by atoms with Crippen molar-refractivity contribution < 1.29 is 9.90 Å². The highest BCUT2D eigenvalue weighted by molar-refractivity contribution is 5.89. The fraction of sp³-hybridized carbons (Fsp3) is 0.294. The number of hydrogen-bond acceptors (Lipinski definition) is 3. The monoisotopic (exact) mass is 284 g/mol. The van der Waals surface area contributed by atoms with Crippen LogP contribution in [0.4, 0.5) is 11.5 Å². The van der Waals surface area contributed by atoms with E-state index in [0.29, 0.717) is 12.2 Å². The van der Waals surface area contributed by atoms with Crippen LogP contribution >= 0.6 is 0 Å². The molecule has 2 aromatic rings. The molecule has 0 fully saturated rings. The van der Waals surface area contributed by atoms with Gasteiger partial charge >= 0.3 is 5.97 Å². The summed E-state index contributed by atoms with van der Waals surface area (Å²) in [4.78, 5) is 17.7. The first-order chi connectivity index (χ1) is 9.90. The largest absolute Gasteiger partial charge is 0.478 e. The van der Waals surface area contributed by atoms with Gasteiger partial charge in [-0.25, -0.2) is 9.78 Å². The van der Waals surface area contributed by atoms with Gasteiger partial charge in [0.05, 0.1) is 5.56 Å². The molecule has 0 aliphatic rings. The van der Waals surface area contributed by atoms with E-state index in [4.69, 9.17) is 0 Å². The Balaban J connectivity index is 2.49. The van der Waals surface area contributed by atoms with Crippen LogP contribution < -0.4 is 4.90 Å². The molecule has 0 spiro atoms. The zero-order valence-corrected chi connectivity index (χ0v) is 12.8. The van der Waals surface area contributed by atoms with Crippen molar-refractivity contribution in [1.29, 1.82) is 0 Å². The van der Waals surface area contributed by atoms with Crippen molar-refractivity contribution in [3.63, 3.8) is 0 Å². The van der Waals surface area contributed by atoms with E-state index < -0.39 is 5.97 Å². The average molecular weight is 284 g/mol. The van der Waals surface area contributed by atoms with Crippen LogP contribution in [0, 0.1) is 13.8 Å². The van der Waals surface area contributed by atoms with E-state index in [2.05, 4.69) is 23.2 Å². The van der Waals surface area contributed by atoms with Crippen LogP contribution in [0.15, 0.2) is 30.3 Å². The summed E-state index contributed by atoms with van der Waals surface area (Å²) in [6, 6.07) is 9.47. The van der Waals surface area contributed by atoms with Crippen LogP contribution in [-0.2, 0) is 6.42 Å². The molecule has 4 nitrogen and oxygen atoms in total. The number of aryl methyl sites for hydroxylation is 3. The van der Waals surface area contributed by atoms with Gasteiger partial charge in [-0.15, -0.1) is 0 Å². The first kappa shape index (κ1) is 15.0. The van der Waals surface area contributed by atoms with Gasteiger partial charge < -0.3 is 10.0 Å². The Morgan fingerprint density at radius 3 is 2.29 bits per heavy atom. The highest BCUT2D eigenvalue weighted by atomic mass is 16.4. The molecule has 0 unspecified atom stereocenters. The summed E-state index contributed by atoms with van der Waals surface area (Å²) in [6.07, 6.45) is 0.703. The van der Waals surface area contributed by atoms with Crippen molar-refractivity contribution in [2.75, 3.05) is 11.9 Å². The number of aromatic carboxylic acids is 1. The van der Waals surface area contributed by atoms with Crippen LogP contribution in [0.5, 0.6) is 0 Å². The maximum absolute atomic E-state index is 11.2. The van der Waals surface area contributed by atoms with Crippen LogP contribution in [-0.4, -0.2) is 23.1 Å². The standard InChI is InChI=1S/C17H20N2O2/c1-5-14-9-13(17(20)21)10-16(18-14)19(4)15-7-11(2)6-12(3)8-15/h6-10H,5H2,1-4H3,(H,20,21). The normalized spacial score (nSPS) is 10.5. The van der Waals surface area contributed by atoms with Crippen LogP contribution in [0.25, 0.3) is 0 Å². The summed E-state index contributed by atoms with van der Waals surface area (Å²) in [7, 11) is 1.90. The van der Waals surface area contributed by atoms with Gasteiger partial charge in [0, 0.05) is 18.4 Å². The smallest absolute Gasteiger partial charge is 0.335 e. The third kappa shape index (κ3) is 3.40. The van der Waals surface area contributed by atoms with Crippen molar-refractivity contribution in [3.05, 3.63) is 52.7 Å². The Kier molecular flexibility index (Phi) is 4.26. The molecule has 1 aromatic heterocycles. The van der Waals surface area contributed by atoms with Gasteiger partial charge in [-0.3, -0.25) is 0 Å². The Labute approximate surface area is 125 Å². The van der Waals surface area contributed by atoms with Crippen LogP contribution in [0.1, 0.15) is 34.1 Å². The minimum Gasteiger partial charge on any atom is -0.478 e. The van der Waals surface area contributed by atoms with E-state index in [9.17, 15) is 9.90 Å². The van der Waals surface area contributed by atoms with Crippen LogP contribution in [0.2, 0.25) is 0 Å². The van der Waals surface area contributed by atoms with Gasteiger partial charge in [0.1, 0.15) is 5.82 Å². The number of carboxylic acids is 1. The number of aromatic nitrogens is 1. The zero-order valence-electron chi connectivity index (χ0n) is 12.8. The molecule has 1 heterocycles. The molecule has 0 saturated heterocycles. The van der Waals surface area contributed by atoms with E-state index in [1.807, 2.05) is 32.7 Å². The van der Waals surface area contributed by atoms with Gasteiger partial charge in [0.2, 0.25) is 0 Å². The number of rotatable bonds is 4. The summed E-state index contributed by atoms with van der Waals surface area (Å²) in [6.45, 7) is 6.06. The van der Waals surface area contributed by atoms with Crippen LogP contribution in [0.3, 0.4) is 0 Å². The van der Waals surface area contributed by atoms with Gasteiger partial charge in [-0.1, -0.05) is 13.0 Å². The predicted octanol–water partition coefficient (Wildman–Crippen LogP) is 3.73. The maximum Gasteiger partial charge on any atom is 0.335 e. The minimum atomic E-state index is -0.929. The fourth-order valence-electron chi connectivity index (χ4n) is 2.32. The average Bonchev–Trinajstić information content (AvgIpc) is 2.44. The Hall–Kier alpha value is -2.36. The molecule has 0 atom stereocenters. The van der Waals surface area contributed by atoms with Gasteiger partial charge in [-0.2, -0.15) is 0 Å². The van der Waals surface area contributed by atoms with Gasteiger partial charge in [0.15, 0.2) is 0 Å². The summed E-state index contributed by atoms with van der Waals surface area (Å²) in [5, 5.41) is 9.22. The van der Waals surface area contributed by atoms with Crippen molar-refractivity contribution in [3.8, 4) is 0 Å². The molecule has 1 N–H and O–H groups in total. The SMILES string of the molecule is CCc1cc(C(=O)O)cc(N(C)c2cc(C)cc(C)c2)n1. The number of benzene rings is 1. The van der Waals surface area contributed by atoms with Gasteiger partial charge in [0.25, 0.3) is 0 Å². The summed E-state index contributed by atoms with van der Waals surface area (Å²) < 4.78 is 0. The molecule has 21 heavy (non-hydrogen) atoms. The zero-order chi connectivity index (χ0) is 15.6. The Morgan fingerprint density at radius 1 is 1.14 bits per heavy atom. The predicted molar refractivity (Wildman–Crippen MR) is 84.6 cm³/mol. The quantitative estimate of drug-likeness (QED) is 0.929. The lowest BCUT2D eigenvalue weighted by molar-refractivity contribution is 0.0696. The highest BCUT2D eigenvalue weighted by Gasteiger charge is 2.12. The third-order valence-corrected chi connectivity index (χ3v) is 3.41. The van der Waals surface area contributed by atoms with Crippen molar-refractivity contribution in [2.45, 2.75) is 27.2 Å². The number of hydrogen-bond donors (Lipinski definition) is 1. The highest BCUT2D eigenvalue weighted by Crippen LogP contribution is 2.25. The Morgan fingerprint density at radius 2 is 1.76 bits per heavy atom. The lowest BCUT2D eigenvalue weighted by Crippen LogP contribution is -2.14. The molecule has 2 rings (SSSR count). The molecule has 0 aliphatic carbocycles. The first-order valence-corrected chi connectivity index (χ1v) is 6.97. The summed E-state index contributed by atoms with van der Waals surface area (Å²) >= 11 is 0. The second kappa shape index (κ2) is 5.95. The minimum absolute atomic E-state index is 0.271. The topological polar surface area (TPSA) is 53.4 Å². The lowest BCUT2D eigenvalue weighted by Gasteiger charge is -2.20.